The summed E-state index contributed by atoms with van der Waals surface area (Å²) in [6.07, 6.45) is 0. The topological polar surface area (TPSA) is 0 Å². The van der Waals surface area contributed by atoms with Gasteiger partial charge in [0.1, 0.15) is 0 Å². The van der Waals surface area contributed by atoms with Gasteiger partial charge in [0, 0.05) is 0 Å². The molecule has 6 heteroatoms. The summed E-state index contributed by atoms with van der Waals surface area (Å²) in [6, 6.07) is 0. The van der Waals surface area contributed by atoms with E-state index in [1.807, 2.05) is 0 Å². The van der Waals surface area contributed by atoms with E-state index in [1.54, 1.807) is 0 Å². The number of hydrogen-bond donors (Lipinski definition) is 0. The monoisotopic (exact) mass is 616 g/mol. The van der Waals surface area contributed by atoms with Crippen molar-refractivity contribution < 1.29 is 30.3 Å². The number of halogens is 4. The van der Waals surface area contributed by atoms with E-state index in [4.69, 9.17) is 38.8 Å². The van der Waals surface area contributed by atoms with Crippen molar-refractivity contribution in [1.29, 1.82) is 0 Å². The number of hydrogen-bond acceptors (Lipinski definition) is 0. The molecule has 26 heavy (non-hydrogen) atoms. The maximum atomic E-state index is 4.83. The van der Waals surface area contributed by atoms with Crippen LogP contribution in [-0.2, 0) is 30.3 Å². The molecule has 0 saturated heterocycles. The van der Waals surface area contributed by atoms with Crippen molar-refractivity contribution >= 4 is 38.8 Å². The van der Waals surface area contributed by atoms with E-state index in [2.05, 4.69) is 69.2 Å². The summed E-state index contributed by atoms with van der Waals surface area (Å²) < 4.78 is 0. The summed E-state index contributed by atoms with van der Waals surface area (Å²) in [7, 11) is 19.3. The predicted molar refractivity (Wildman–Crippen MR) is 115 cm³/mol. The molecule has 2 aromatic carbocycles. The van der Waals surface area contributed by atoms with Crippen molar-refractivity contribution in [3.05, 3.63) is 55.6 Å². The summed E-state index contributed by atoms with van der Waals surface area (Å²) in [6.45, 7) is 22.0. The summed E-state index contributed by atoms with van der Waals surface area (Å²) >= 11 is -0.451. The van der Waals surface area contributed by atoms with Gasteiger partial charge in [-0.1, -0.05) is 34.6 Å². The van der Waals surface area contributed by atoms with Crippen molar-refractivity contribution in [3.63, 3.8) is 0 Å². The first-order valence-corrected chi connectivity index (χ1v) is 16.4. The van der Waals surface area contributed by atoms with Crippen molar-refractivity contribution in [1.82, 2.24) is 0 Å². The van der Waals surface area contributed by atoms with E-state index in [0.29, 0.717) is 0 Å². The molecule has 162 valence electrons. The van der Waals surface area contributed by atoms with Gasteiger partial charge in [-0.05, 0) is 0 Å². The van der Waals surface area contributed by atoms with Crippen LogP contribution in [0.25, 0.3) is 0 Å². The Labute approximate surface area is 192 Å². The van der Waals surface area contributed by atoms with Crippen LogP contribution in [0.15, 0.2) is 0 Å². The van der Waals surface area contributed by atoms with E-state index in [9.17, 15) is 0 Å². The van der Waals surface area contributed by atoms with Gasteiger partial charge >= 0.3 is 69.1 Å². The molecule has 0 saturated carbocycles. The zero-order valence-electron chi connectivity index (χ0n) is 17.2. The Hall–Kier alpha value is 1.11. The van der Waals surface area contributed by atoms with Crippen LogP contribution in [0.4, 0.5) is 0 Å². The van der Waals surface area contributed by atoms with Crippen LogP contribution >= 0.6 is 38.8 Å². The molecule has 0 unspecified atom stereocenters. The van der Waals surface area contributed by atoms with Gasteiger partial charge in [-0.3, -0.25) is 0 Å². The average molecular weight is 618 g/mol. The molecule has 0 aliphatic rings. The molecule has 0 N–H and O–H groups in total. The third kappa shape index (κ3) is 8.63. The summed E-state index contributed by atoms with van der Waals surface area (Å²) in [5.74, 6) is 0. The molecule has 0 aromatic heterocycles. The molecule has 0 aliphatic carbocycles. The first-order chi connectivity index (χ1) is 11.9. The van der Waals surface area contributed by atoms with Gasteiger partial charge in [0.25, 0.3) is 0 Å². The van der Waals surface area contributed by atoms with Crippen LogP contribution in [0.2, 0.25) is 0 Å². The van der Waals surface area contributed by atoms with Gasteiger partial charge in [-0.25, -0.2) is 34.6 Å². The average Bonchev–Trinajstić information content (AvgIpc) is 2.87. The standard InChI is InChI=1S/2C10H15.4ClH.2Rh/c2*1-6-7(2)9(4)10(5)8(6)3;;;;;;/h2*1-5H3;4*1H;;/q-5;-1;;;;;2*+2/p-4. The molecule has 0 aliphatic heterocycles. The molecule has 0 bridgehead atoms. The second kappa shape index (κ2) is 15.0. The summed E-state index contributed by atoms with van der Waals surface area (Å²) in [4.78, 5) is 0. The van der Waals surface area contributed by atoms with E-state index in [1.165, 1.54) is 55.6 Å². The van der Waals surface area contributed by atoms with Crippen LogP contribution in [0, 0.1) is 69.2 Å². The van der Waals surface area contributed by atoms with E-state index in [-0.39, 0.29) is 30.3 Å². The van der Waals surface area contributed by atoms with Crippen LogP contribution in [0.3, 0.4) is 0 Å². The molecule has 0 fully saturated rings. The van der Waals surface area contributed by atoms with Crippen molar-refractivity contribution in [3.8, 4) is 0 Å². The fourth-order valence-corrected chi connectivity index (χ4v) is 2.81. The van der Waals surface area contributed by atoms with E-state index in [0.717, 1.165) is 0 Å². The zero-order chi connectivity index (χ0) is 21.2. The quantitative estimate of drug-likeness (QED) is 0.205. The third-order valence-corrected chi connectivity index (χ3v) is 5.62. The van der Waals surface area contributed by atoms with E-state index >= 15 is 0 Å². The Bertz CT molecular complexity index is 452. The molecule has 0 radical (unpaired) electrons. The molecule has 0 atom stereocenters. The van der Waals surface area contributed by atoms with E-state index < -0.39 is 0 Å². The molecule has 0 nitrogen and oxygen atoms in total. The minimum absolute atomic E-state index is 0.226. The van der Waals surface area contributed by atoms with Crippen LogP contribution in [-0.4, -0.2) is 0 Å². The Balaban J connectivity index is 0. The Kier molecular flexibility index (Phi) is 16.9. The zero-order valence-corrected chi connectivity index (χ0v) is 23.5. The van der Waals surface area contributed by atoms with Gasteiger partial charge in [-0.2, -0.15) is 27.8 Å². The minimum atomic E-state index is -0.226. The molecular weight excluding hydrogens is 588 g/mol. The van der Waals surface area contributed by atoms with Crippen LogP contribution < -0.4 is 0 Å². The van der Waals surface area contributed by atoms with Gasteiger partial charge in [0.15, 0.2) is 0 Å². The first kappa shape index (κ1) is 29.3. The Morgan fingerprint density at radius 2 is 0.654 bits per heavy atom. The van der Waals surface area contributed by atoms with Gasteiger partial charge in [-0.15, -0.1) is 0 Å². The SMILES string of the molecule is C[c-]1[c-](C)[c-](C)[c-](C)[c-]1C.Cc1c(C)c(C)[c-](C)c1C.[Cl][Rh][Cl].[Cl][Rh][Cl]. The van der Waals surface area contributed by atoms with Crippen molar-refractivity contribution in [2.45, 2.75) is 69.2 Å². The third-order valence-electron chi connectivity index (χ3n) is 5.62. The molecular formula is C20H30Cl4Rh2-6. The second-order valence-corrected chi connectivity index (χ2v) is 11.3. The fraction of sp³-hybridized carbons (Fsp3) is 0.500. The Morgan fingerprint density at radius 1 is 0.500 bits per heavy atom. The molecule has 2 rings (SSSR count). The van der Waals surface area contributed by atoms with Gasteiger partial charge < -0.3 is 27.8 Å². The van der Waals surface area contributed by atoms with Gasteiger partial charge in [0.05, 0.1) is 0 Å². The molecule has 0 amide bonds. The van der Waals surface area contributed by atoms with Crippen molar-refractivity contribution in [2.75, 3.05) is 0 Å². The summed E-state index contributed by atoms with van der Waals surface area (Å²) in [5.41, 5.74) is 14.7. The first-order valence-electron chi connectivity index (χ1n) is 8.00. The normalized spacial score (nSPS) is 9.77. The van der Waals surface area contributed by atoms with Crippen molar-refractivity contribution in [2.24, 2.45) is 0 Å². The van der Waals surface area contributed by atoms with Crippen LogP contribution in [0.5, 0.6) is 0 Å². The second-order valence-electron chi connectivity index (χ2n) is 6.35. The molecule has 2 aromatic rings. The van der Waals surface area contributed by atoms with Gasteiger partial charge in [0.2, 0.25) is 0 Å². The Morgan fingerprint density at radius 3 is 0.731 bits per heavy atom. The molecule has 0 heterocycles. The maximum absolute atomic E-state index is 4.83. The number of rotatable bonds is 0. The fourth-order valence-electron chi connectivity index (χ4n) is 2.81. The molecule has 0 spiro atoms. The van der Waals surface area contributed by atoms with Crippen LogP contribution in [0.1, 0.15) is 55.6 Å². The predicted octanol–water partition coefficient (Wildman–Crippen LogP) is 8.65. The summed E-state index contributed by atoms with van der Waals surface area (Å²) in [5, 5.41) is 0.